The molecule has 1 aliphatic heterocycles. The second-order valence-electron chi connectivity index (χ2n) is 7.94. The van der Waals surface area contributed by atoms with E-state index < -0.39 is 0 Å². The van der Waals surface area contributed by atoms with Crippen molar-refractivity contribution in [1.82, 2.24) is 10.2 Å². The highest BCUT2D eigenvalue weighted by Crippen LogP contribution is 2.21. The number of ether oxygens (including phenoxy) is 1. The molecule has 0 spiro atoms. The number of halogens is 1. The summed E-state index contributed by atoms with van der Waals surface area (Å²) in [5, 5.41) is 5.97. The van der Waals surface area contributed by atoms with Crippen LogP contribution >= 0.6 is 28.1 Å². The van der Waals surface area contributed by atoms with Gasteiger partial charge in [0.1, 0.15) is 5.75 Å². The van der Waals surface area contributed by atoms with Crippen molar-refractivity contribution in [2.24, 2.45) is 0 Å². The summed E-state index contributed by atoms with van der Waals surface area (Å²) >= 11 is 8.66. The van der Waals surface area contributed by atoms with Gasteiger partial charge in [-0.15, -0.1) is 0 Å². The second kappa shape index (κ2) is 11.3. The highest BCUT2D eigenvalue weighted by Gasteiger charge is 2.22. The highest BCUT2D eigenvalue weighted by molar-refractivity contribution is 9.10. The molecular formula is C26H25BrN4O3S. The van der Waals surface area contributed by atoms with Crippen LogP contribution in [0.4, 0.5) is 11.4 Å². The molecule has 3 aromatic rings. The highest BCUT2D eigenvalue weighted by atomic mass is 79.9. The van der Waals surface area contributed by atoms with Gasteiger partial charge in [0.25, 0.3) is 11.8 Å². The van der Waals surface area contributed by atoms with Crippen LogP contribution in [0.1, 0.15) is 20.7 Å². The van der Waals surface area contributed by atoms with Crippen molar-refractivity contribution >= 4 is 56.4 Å². The Labute approximate surface area is 218 Å². The molecule has 0 atom stereocenters. The summed E-state index contributed by atoms with van der Waals surface area (Å²) in [5.74, 6) is 0.482. The van der Waals surface area contributed by atoms with Crippen molar-refractivity contribution in [3.8, 4) is 5.75 Å². The average Bonchev–Trinajstić information content (AvgIpc) is 2.89. The summed E-state index contributed by atoms with van der Waals surface area (Å²) in [5.41, 5.74) is 3.02. The van der Waals surface area contributed by atoms with Gasteiger partial charge in [-0.3, -0.25) is 14.9 Å². The molecule has 1 heterocycles. The zero-order valence-electron chi connectivity index (χ0n) is 19.2. The number of thiocarbonyl (C=S) groups is 1. The fraction of sp³-hybridized carbons (Fsp3) is 0.192. The number of rotatable bonds is 5. The molecule has 1 aliphatic rings. The molecule has 2 amide bonds. The zero-order chi connectivity index (χ0) is 24.8. The first-order valence-corrected chi connectivity index (χ1v) is 12.3. The van der Waals surface area contributed by atoms with Gasteiger partial charge in [0.15, 0.2) is 5.11 Å². The lowest BCUT2D eigenvalue weighted by atomic mass is 10.1. The minimum Gasteiger partial charge on any atom is -0.497 e. The number of methoxy groups -OCH3 is 1. The van der Waals surface area contributed by atoms with E-state index in [1.807, 2.05) is 35.2 Å². The quantitative estimate of drug-likeness (QED) is 0.452. The fourth-order valence-corrected chi connectivity index (χ4v) is 4.49. The van der Waals surface area contributed by atoms with Crippen LogP contribution < -0.4 is 20.3 Å². The minimum absolute atomic E-state index is 0.0324. The van der Waals surface area contributed by atoms with E-state index in [-0.39, 0.29) is 16.9 Å². The molecule has 9 heteroatoms. The molecule has 0 unspecified atom stereocenters. The van der Waals surface area contributed by atoms with Crippen LogP contribution in [0, 0.1) is 0 Å². The summed E-state index contributed by atoms with van der Waals surface area (Å²) in [4.78, 5) is 29.3. The van der Waals surface area contributed by atoms with Crippen molar-refractivity contribution in [2.75, 3.05) is 43.5 Å². The number of hydrogen-bond acceptors (Lipinski definition) is 5. The fourth-order valence-electron chi connectivity index (χ4n) is 3.82. The Morgan fingerprint density at radius 3 is 2.20 bits per heavy atom. The predicted molar refractivity (Wildman–Crippen MR) is 145 cm³/mol. The largest absolute Gasteiger partial charge is 0.497 e. The number of nitrogens with zero attached hydrogens (tertiary/aromatic N) is 2. The first-order valence-electron chi connectivity index (χ1n) is 11.1. The maximum absolute atomic E-state index is 12.8. The first-order chi connectivity index (χ1) is 16.9. The Morgan fingerprint density at radius 2 is 1.57 bits per heavy atom. The van der Waals surface area contributed by atoms with Gasteiger partial charge in [-0.25, -0.2) is 0 Å². The lowest BCUT2D eigenvalue weighted by molar-refractivity contribution is 0.0746. The normalized spacial score (nSPS) is 13.2. The molecule has 0 aliphatic carbocycles. The molecule has 2 N–H and O–H groups in total. The van der Waals surface area contributed by atoms with Gasteiger partial charge < -0.3 is 19.9 Å². The number of nitrogens with one attached hydrogen (secondary N) is 2. The van der Waals surface area contributed by atoms with Crippen LogP contribution in [0.25, 0.3) is 0 Å². The molecule has 1 saturated heterocycles. The standard InChI is InChI=1S/C26H25BrN4O3S/c1-34-21-12-6-18(7-13-21)25(33)31-16-14-30(15-17-31)20-10-8-19(9-11-20)28-26(35)29-24(32)22-4-2-3-5-23(22)27/h2-13H,14-17H2,1H3,(H2,28,29,32,35). The van der Waals surface area contributed by atoms with Gasteiger partial charge in [0.05, 0.1) is 12.7 Å². The summed E-state index contributed by atoms with van der Waals surface area (Å²) in [7, 11) is 1.61. The predicted octanol–water partition coefficient (Wildman–Crippen LogP) is 4.55. The maximum atomic E-state index is 12.8. The Morgan fingerprint density at radius 1 is 0.914 bits per heavy atom. The van der Waals surface area contributed by atoms with Crippen LogP contribution in [0.3, 0.4) is 0 Å². The molecule has 180 valence electrons. The third kappa shape index (κ3) is 6.17. The third-order valence-corrected chi connectivity index (χ3v) is 6.64. The van der Waals surface area contributed by atoms with Crippen molar-refractivity contribution in [1.29, 1.82) is 0 Å². The van der Waals surface area contributed by atoms with E-state index in [1.165, 1.54) is 0 Å². The number of benzene rings is 3. The number of carbonyl (C=O) groups excluding carboxylic acids is 2. The summed E-state index contributed by atoms with van der Waals surface area (Å²) < 4.78 is 5.87. The smallest absolute Gasteiger partial charge is 0.258 e. The van der Waals surface area contributed by atoms with E-state index in [0.717, 1.165) is 30.2 Å². The zero-order valence-corrected chi connectivity index (χ0v) is 21.6. The van der Waals surface area contributed by atoms with E-state index in [2.05, 4.69) is 31.5 Å². The lowest BCUT2D eigenvalue weighted by Gasteiger charge is -2.36. The Kier molecular flexibility index (Phi) is 7.99. The molecule has 0 saturated carbocycles. The lowest BCUT2D eigenvalue weighted by Crippen LogP contribution is -2.48. The Balaban J connectivity index is 1.28. The van der Waals surface area contributed by atoms with Crippen molar-refractivity contribution < 1.29 is 14.3 Å². The monoisotopic (exact) mass is 552 g/mol. The summed E-state index contributed by atoms with van der Waals surface area (Å²) in [6, 6.07) is 22.2. The van der Waals surface area contributed by atoms with Crippen LogP contribution in [0.15, 0.2) is 77.3 Å². The van der Waals surface area contributed by atoms with Crippen molar-refractivity contribution in [3.63, 3.8) is 0 Å². The summed E-state index contributed by atoms with van der Waals surface area (Å²) in [6.07, 6.45) is 0. The number of anilines is 2. The van der Waals surface area contributed by atoms with E-state index in [9.17, 15) is 9.59 Å². The number of piperazine rings is 1. The molecule has 1 fully saturated rings. The number of carbonyl (C=O) groups is 2. The van der Waals surface area contributed by atoms with Crippen molar-refractivity contribution in [3.05, 3.63) is 88.4 Å². The van der Waals surface area contributed by atoms with Crippen LogP contribution in [0.5, 0.6) is 5.75 Å². The van der Waals surface area contributed by atoms with Gasteiger partial charge in [0, 0.05) is 47.6 Å². The maximum Gasteiger partial charge on any atom is 0.258 e. The number of amides is 2. The second-order valence-corrected chi connectivity index (χ2v) is 9.21. The molecule has 7 nitrogen and oxygen atoms in total. The van der Waals surface area contributed by atoms with Crippen molar-refractivity contribution in [2.45, 2.75) is 0 Å². The van der Waals surface area contributed by atoms with Gasteiger partial charge in [0.2, 0.25) is 0 Å². The van der Waals surface area contributed by atoms with Gasteiger partial charge in [-0.05, 0) is 88.8 Å². The average molecular weight is 553 g/mol. The van der Waals surface area contributed by atoms with Gasteiger partial charge >= 0.3 is 0 Å². The molecule has 0 bridgehead atoms. The van der Waals surface area contributed by atoms with Crippen LogP contribution in [-0.2, 0) is 0 Å². The SMILES string of the molecule is COc1ccc(C(=O)N2CCN(c3ccc(NC(=S)NC(=O)c4ccccc4Br)cc3)CC2)cc1. The molecule has 3 aromatic carbocycles. The topological polar surface area (TPSA) is 73.9 Å². The van der Waals surface area contributed by atoms with E-state index >= 15 is 0 Å². The Hall–Kier alpha value is -3.43. The molecule has 4 rings (SSSR count). The molecule has 0 aromatic heterocycles. The van der Waals surface area contributed by atoms with Crippen LogP contribution in [-0.4, -0.2) is 55.1 Å². The number of hydrogen-bond donors (Lipinski definition) is 2. The van der Waals surface area contributed by atoms with E-state index in [4.69, 9.17) is 17.0 Å². The van der Waals surface area contributed by atoms with Gasteiger partial charge in [-0.2, -0.15) is 0 Å². The summed E-state index contributed by atoms with van der Waals surface area (Å²) in [6.45, 7) is 2.79. The van der Waals surface area contributed by atoms with E-state index in [0.29, 0.717) is 28.7 Å². The first kappa shape index (κ1) is 24.7. The molecular weight excluding hydrogens is 528 g/mol. The van der Waals surface area contributed by atoms with Gasteiger partial charge in [-0.1, -0.05) is 12.1 Å². The third-order valence-electron chi connectivity index (χ3n) is 5.74. The van der Waals surface area contributed by atoms with E-state index in [1.54, 1.807) is 49.6 Å². The van der Waals surface area contributed by atoms with Crippen LogP contribution in [0.2, 0.25) is 0 Å². The molecule has 0 radical (unpaired) electrons. The Bertz CT molecular complexity index is 1210. The molecule has 35 heavy (non-hydrogen) atoms. The minimum atomic E-state index is -0.284.